The predicted molar refractivity (Wildman–Crippen MR) is 68.7 cm³/mol. The van der Waals surface area contributed by atoms with Gasteiger partial charge in [-0.3, -0.25) is 16.0 Å². The Hall–Kier alpha value is -0.320. The molecule has 0 aromatic carbocycles. The van der Waals surface area contributed by atoms with Crippen LogP contribution in [0.3, 0.4) is 0 Å². The van der Waals surface area contributed by atoms with Crippen molar-refractivity contribution in [2.24, 2.45) is 0 Å². The minimum atomic E-state index is -0.942. The molecule has 0 radical (unpaired) electrons. The van der Waals surface area contributed by atoms with E-state index < -0.39 is 6.41 Å². The fraction of sp³-hybridized carbons (Fsp3) is 1.00. The van der Waals surface area contributed by atoms with Crippen LogP contribution in [0.15, 0.2) is 0 Å². The number of nitrogens with one attached hydrogen (secondary N) is 3. The highest BCUT2D eigenvalue weighted by atomic mass is 16.6. The van der Waals surface area contributed by atoms with Gasteiger partial charge in [-0.05, 0) is 6.92 Å². The molecule has 3 aliphatic rings. The molecule has 0 aromatic rings. The normalized spacial score (nSPS) is 41.2. The van der Waals surface area contributed by atoms with Crippen molar-refractivity contribution in [3.8, 4) is 0 Å². The highest BCUT2D eigenvalue weighted by Crippen LogP contribution is 2.27. The van der Waals surface area contributed by atoms with Gasteiger partial charge in [-0.15, -0.1) is 0 Å². The monoisotopic (exact) mass is 289 g/mol. The van der Waals surface area contributed by atoms with Crippen LogP contribution >= 0.6 is 0 Å². The highest BCUT2D eigenvalue weighted by Gasteiger charge is 2.47. The molecule has 8 heteroatoms. The zero-order valence-corrected chi connectivity index (χ0v) is 11.7. The molecule has 0 spiro atoms. The molecular formula is C12H23N3O5. The SMILES string of the molecule is COC(O)NCC1OC1NC(C)C1OC1NCC1CO1. The fourth-order valence-electron chi connectivity index (χ4n) is 2.20. The molecule has 20 heavy (non-hydrogen) atoms. The maximum Gasteiger partial charge on any atom is 0.213 e. The van der Waals surface area contributed by atoms with E-state index in [0.717, 1.165) is 13.2 Å². The molecule has 4 N–H and O–H groups in total. The molecule has 8 nitrogen and oxygen atoms in total. The maximum absolute atomic E-state index is 9.20. The predicted octanol–water partition coefficient (Wildman–Crippen LogP) is -2.09. The third-order valence-corrected chi connectivity index (χ3v) is 3.69. The van der Waals surface area contributed by atoms with Crippen LogP contribution in [0, 0.1) is 0 Å². The molecule has 0 aliphatic carbocycles. The van der Waals surface area contributed by atoms with Crippen LogP contribution in [0.5, 0.6) is 0 Å². The van der Waals surface area contributed by atoms with E-state index in [2.05, 4.69) is 27.6 Å². The van der Waals surface area contributed by atoms with Gasteiger partial charge in [0.15, 0.2) is 0 Å². The molecule has 0 aromatic heterocycles. The number of aliphatic hydroxyl groups excluding tert-OH is 1. The lowest BCUT2D eigenvalue weighted by Crippen LogP contribution is -2.40. The first kappa shape index (κ1) is 14.6. The molecule has 3 heterocycles. The molecule has 0 saturated carbocycles. The number of hydrogen-bond acceptors (Lipinski definition) is 8. The number of methoxy groups -OCH3 is 1. The zero-order valence-electron chi connectivity index (χ0n) is 11.7. The maximum atomic E-state index is 9.20. The summed E-state index contributed by atoms with van der Waals surface area (Å²) < 4.78 is 20.9. The summed E-state index contributed by atoms with van der Waals surface area (Å²) in [6.45, 7) is 4.34. The molecule has 3 fully saturated rings. The van der Waals surface area contributed by atoms with Crippen molar-refractivity contribution in [3.63, 3.8) is 0 Å². The first-order chi connectivity index (χ1) is 9.67. The Kier molecular flexibility index (Phi) is 4.53. The first-order valence-electron chi connectivity index (χ1n) is 7.03. The van der Waals surface area contributed by atoms with Crippen LogP contribution in [0.2, 0.25) is 0 Å². The van der Waals surface area contributed by atoms with Gasteiger partial charge in [-0.1, -0.05) is 0 Å². The third kappa shape index (κ3) is 4.09. The Balaban J connectivity index is 1.26. The summed E-state index contributed by atoms with van der Waals surface area (Å²) in [4.78, 5) is 0. The van der Waals surface area contributed by atoms with Gasteiger partial charge in [0.05, 0.1) is 12.7 Å². The van der Waals surface area contributed by atoms with Gasteiger partial charge in [0.1, 0.15) is 24.7 Å². The van der Waals surface area contributed by atoms with Crippen molar-refractivity contribution in [1.29, 1.82) is 0 Å². The topological polar surface area (TPSA) is 103 Å². The van der Waals surface area contributed by atoms with Gasteiger partial charge in [-0.2, -0.15) is 0 Å². The van der Waals surface area contributed by atoms with Crippen LogP contribution < -0.4 is 16.0 Å². The largest absolute Gasteiger partial charge is 0.372 e. The smallest absolute Gasteiger partial charge is 0.213 e. The van der Waals surface area contributed by atoms with Crippen molar-refractivity contribution in [1.82, 2.24) is 16.0 Å². The lowest BCUT2D eigenvalue weighted by molar-refractivity contribution is -0.0969. The Morgan fingerprint density at radius 3 is 2.80 bits per heavy atom. The second-order valence-corrected chi connectivity index (χ2v) is 5.43. The zero-order chi connectivity index (χ0) is 14.1. The number of aliphatic hydroxyl groups is 1. The fourth-order valence-corrected chi connectivity index (χ4v) is 2.20. The van der Waals surface area contributed by atoms with E-state index in [1.54, 1.807) is 0 Å². The molecule has 3 aliphatic heterocycles. The Morgan fingerprint density at radius 2 is 2.10 bits per heavy atom. The molecule has 7 atom stereocenters. The van der Waals surface area contributed by atoms with Gasteiger partial charge < -0.3 is 24.1 Å². The average Bonchev–Trinajstić information content (AvgIpc) is 3.29. The summed E-state index contributed by atoms with van der Waals surface area (Å²) in [6.07, 6.45) is -0.200. The van der Waals surface area contributed by atoms with Gasteiger partial charge in [-0.25, -0.2) is 0 Å². The summed E-state index contributed by atoms with van der Waals surface area (Å²) >= 11 is 0. The van der Waals surface area contributed by atoms with Crippen LogP contribution in [0.4, 0.5) is 0 Å². The lowest BCUT2D eigenvalue weighted by atomic mass is 10.2. The van der Waals surface area contributed by atoms with Crippen molar-refractivity contribution >= 4 is 0 Å². The summed E-state index contributed by atoms with van der Waals surface area (Å²) in [5.74, 6) is 0. The van der Waals surface area contributed by atoms with E-state index >= 15 is 0 Å². The molecule has 7 unspecified atom stereocenters. The van der Waals surface area contributed by atoms with Gasteiger partial charge >= 0.3 is 0 Å². The Bertz CT molecular complexity index is 330. The van der Waals surface area contributed by atoms with E-state index in [1.807, 2.05) is 0 Å². The van der Waals surface area contributed by atoms with E-state index in [0.29, 0.717) is 12.6 Å². The second-order valence-electron chi connectivity index (χ2n) is 5.43. The van der Waals surface area contributed by atoms with Gasteiger partial charge in [0.2, 0.25) is 6.41 Å². The number of epoxide rings is 3. The molecule has 3 rings (SSSR count). The van der Waals surface area contributed by atoms with Crippen molar-refractivity contribution in [3.05, 3.63) is 0 Å². The Labute approximate surface area is 118 Å². The summed E-state index contributed by atoms with van der Waals surface area (Å²) in [7, 11) is 1.44. The van der Waals surface area contributed by atoms with Crippen molar-refractivity contribution in [2.45, 2.75) is 50.1 Å². The minimum absolute atomic E-state index is 0.0122. The average molecular weight is 289 g/mol. The van der Waals surface area contributed by atoms with E-state index in [9.17, 15) is 5.11 Å². The molecular weight excluding hydrogens is 266 g/mol. The standard InChI is InChI=1S/C12H23N3O5/c1-6(9-11(20-9)13-3-7-5-18-7)15-10-8(19-10)4-14-12(16)17-2/h6-16H,3-5H2,1-2H3. The summed E-state index contributed by atoms with van der Waals surface area (Å²) in [5.41, 5.74) is 0. The van der Waals surface area contributed by atoms with Crippen LogP contribution in [0.1, 0.15) is 6.92 Å². The molecule has 3 saturated heterocycles. The van der Waals surface area contributed by atoms with Gasteiger partial charge in [0, 0.05) is 26.2 Å². The number of hydrogen-bond donors (Lipinski definition) is 4. The molecule has 116 valence electrons. The minimum Gasteiger partial charge on any atom is -0.372 e. The number of ether oxygens (including phenoxy) is 4. The van der Waals surface area contributed by atoms with E-state index in [4.69, 9.17) is 14.2 Å². The Morgan fingerprint density at radius 1 is 1.30 bits per heavy atom. The number of rotatable bonds is 10. The third-order valence-electron chi connectivity index (χ3n) is 3.69. The van der Waals surface area contributed by atoms with Crippen molar-refractivity contribution in [2.75, 3.05) is 26.8 Å². The quantitative estimate of drug-likeness (QED) is 0.268. The van der Waals surface area contributed by atoms with Crippen LogP contribution in [-0.4, -0.2) is 75.1 Å². The second kappa shape index (κ2) is 6.20. The summed E-state index contributed by atoms with van der Waals surface area (Å²) in [6, 6.07) is 0.218. The highest BCUT2D eigenvalue weighted by molar-refractivity contribution is 4.96. The molecule has 0 amide bonds. The summed E-state index contributed by atoms with van der Waals surface area (Å²) in [5, 5.41) is 18.7. The van der Waals surface area contributed by atoms with Crippen LogP contribution in [0.25, 0.3) is 0 Å². The lowest BCUT2D eigenvalue weighted by Gasteiger charge is -2.10. The van der Waals surface area contributed by atoms with Crippen LogP contribution in [-0.2, 0) is 18.9 Å². The first-order valence-corrected chi connectivity index (χ1v) is 7.03. The van der Waals surface area contributed by atoms with Gasteiger partial charge in [0.25, 0.3) is 0 Å². The van der Waals surface area contributed by atoms with E-state index in [-0.39, 0.29) is 30.7 Å². The molecule has 0 bridgehead atoms. The van der Waals surface area contributed by atoms with Crippen molar-refractivity contribution < 1.29 is 24.1 Å². The van der Waals surface area contributed by atoms with E-state index in [1.165, 1.54) is 7.11 Å².